The zero-order chi connectivity index (χ0) is 24.5. The standard InChI is InChI=1S/C23H28N6O4S/c1-2-3-11-29-20(24)19(21(31)27-23(29)33)28(14-16-8-5-4-6-9-16)15-18(30)26-22(32)25-13-17-10-7-12-34-17/h4-10,12H,2-3,11,13-15,24H2,1H3,(H,27,31,33)(H2,25,26,30,32). The number of imide groups is 1. The number of nitrogens with one attached hydrogen (secondary N) is 3. The van der Waals surface area contributed by atoms with Gasteiger partial charge in [-0.2, -0.15) is 0 Å². The van der Waals surface area contributed by atoms with Crippen LogP contribution in [0.3, 0.4) is 0 Å². The number of carbonyl (C=O) groups is 2. The molecule has 0 fully saturated rings. The maximum Gasteiger partial charge on any atom is 0.330 e. The van der Waals surface area contributed by atoms with Crippen LogP contribution in [0.5, 0.6) is 0 Å². The van der Waals surface area contributed by atoms with Gasteiger partial charge in [-0.25, -0.2) is 9.59 Å². The summed E-state index contributed by atoms with van der Waals surface area (Å²) in [6.07, 6.45) is 1.52. The molecule has 0 radical (unpaired) electrons. The molecule has 0 unspecified atom stereocenters. The van der Waals surface area contributed by atoms with E-state index in [1.165, 1.54) is 20.8 Å². The third kappa shape index (κ3) is 6.58. The minimum absolute atomic E-state index is 0.00806. The predicted octanol–water partition coefficient (Wildman–Crippen LogP) is 2.01. The van der Waals surface area contributed by atoms with Crippen LogP contribution in [-0.4, -0.2) is 28.0 Å². The van der Waals surface area contributed by atoms with Crippen molar-refractivity contribution in [3.63, 3.8) is 0 Å². The van der Waals surface area contributed by atoms with E-state index in [1.807, 2.05) is 54.8 Å². The molecule has 0 saturated heterocycles. The monoisotopic (exact) mass is 484 g/mol. The second-order valence-electron chi connectivity index (χ2n) is 7.65. The Hall–Kier alpha value is -3.86. The van der Waals surface area contributed by atoms with Crippen LogP contribution in [0.4, 0.5) is 16.3 Å². The summed E-state index contributed by atoms with van der Waals surface area (Å²) in [7, 11) is 0. The van der Waals surface area contributed by atoms with E-state index in [2.05, 4.69) is 15.6 Å². The number of rotatable bonds is 10. The van der Waals surface area contributed by atoms with Crippen LogP contribution in [-0.2, 0) is 24.4 Å². The number of nitrogens with zero attached hydrogens (tertiary/aromatic N) is 2. The highest BCUT2D eigenvalue weighted by Crippen LogP contribution is 2.19. The van der Waals surface area contributed by atoms with Crippen molar-refractivity contribution < 1.29 is 9.59 Å². The van der Waals surface area contributed by atoms with Gasteiger partial charge in [0.2, 0.25) is 5.91 Å². The second kappa shape index (κ2) is 11.8. The number of urea groups is 1. The fraction of sp³-hybridized carbons (Fsp3) is 0.304. The molecule has 10 nitrogen and oxygen atoms in total. The van der Waals surface area contributed by atoms with Gasteiger partial charge in [-0.05, 0) is 23.4 Å². The number of aromatic nitrogens is 2. The summed E-state index contributed by atoms with van der Waals surface area (Å²) in [4.78, 5) is 54.7. The number of benzene rings is 1. The number of thiophene rings is 1. The lowest BCUT2D eigenvalue weighted by atomic mass is 10.2. The first-order valence-electron chi connectivity index (χ1n) is 10.9. The maximum atomic E-state index is 12.8. The highest BCUT2D eigenvalue weighted by molar-refractivity contribution is 7.09. The van der Waals surface area contributed by atoms with Crippen LogP contribution < -0.4 is 32.5 Å². The molecule has 3 amide bonds. The average Bonchev–Trinajstić information content (AvgIpc) is 3.32. The molecule has 0 aliphatic heterocycles. The Balaban J connectivity index is 1.83. The molecule has 0 bridgehead atoms. The predicted molar refractivity (Wildman–Crippen MR) is 133 cm³/mol. The lowest BCUT2D eigenvalue weighted by Gasteiger charge is -2.25. The van der Waals surface area contributed by atoms with E-state index >= 15 is 0 Å². The molecule has 2 aromatic heterocycles. The Labute approximate surface area is 200 Å². The molecule has 5 N–H and O–H groups in total. The number of hydrogen-bond donors (Lipinski definition) is 4. The zero-order valence-electron chi connectivity index (χ0n) is 18.9. The first-order chi connectivity index (χ1) is 16.4. The van der Waals surface area contributed by atoms with E-state index in [0.29, 0.717) is 19.5 Å². The zero-order valence-corrected chi connectivity index (χ0v) is 19.7. The quantitative estimate of drug-likeness (QED) is 0.347. The van der Waals surface area contributed by atoms with Crippen LogP contribution in [0.2, 0.25) is 0 Å². The molecule has 0 aliphatic rings. The number of nitrogens with two attached hydrogens (primary N) is 1. The van der Waals surface area contributed by atoms with Crippen molar-refractivity contribution in [2.45, 2.75) is 39.4 Å². The lowest BCUT2D eigenvalue weighted by molar-refractivity contribution is -0.118. The third-order valence-electron chi connectivity index (χ3n) is 5.07. The second-order valence-corrected chi connectivity index (χ2v) is 8.68. The number of carbonyl (C=O) groups excluding carboxylic acids is 2. The van der Waals surface area contributed by atoms with Gasteiger partial charge in [0, 0.05) is 18.0 Å². The molecular weight excluding hydrogens is 456 g/mol. The topological polar surface area (TPSA) is 142 Å². The molecule has 180 valence electrons. The van der Waals surface area contributed by atoms with Crippen molar-refractivity contribution in [1.29, 1.82) is 0 Å². The minimum atomic E-state index is -0.693. The van der Waals surface area contributed by atoms with E-state index in [-0.39, 0.29) is 24.6 Å². The summed E-state index contributed by atoms with van der Waals surface area (Å²) < 4.78 is 1.30. The molecule has 3 aromatic rings. The first kappa shape index (κ1) is 24.8. The van der Waals surface area contributed by atoms with Crippen LogP contribution in [0.25, 0.3) is 0 Å². The number of hydrogen-bond acceptors (Lipinski definition) is 7. The van der Waals surface area contributed by atoms with Crippen molar-refractivity contribution in [2.75, 3.05) is 17.2 Å². The van der Waals surface area contributed by atoms with Gasteiger partial charge in [0.05, 0.1) is 13.1 Å². The lowest BCUT2D eigenvalue weighted by Crippen LogP contribution is -2.46. The van der Waals surface area contributed by atoms with E-state index in [9.17, 15) is 19.2 Å². The van der Waals surface area contributed by atoms with Crippen LogP contribution in [0.1, 0.15) is 30.2 Å². The Kier molecular flexibility index (Phi) is 8.63. The number of amides is 3. The molecule has 0 aliphatic carbocycles. The molecule has 34 heavy (non-hydrogen) atoms. The summed E-state index contributed by atoms with van der Waals surface area (Å²) in [5.41, 5.74) is 5.79. The van der Waals surface area contributed by atoms with Gasteiger partial charge >= 0.3 is 11.7 Å². The van der Waals surface area contributed by atoms with Crippen molar-refractivity contribution in [1.82, 2.24) is 20.2 Å². The summed E-state index contributed by atoms with van der Waals surface area (Å²) in [6.45, 7) is 2.45. The molecule has 2 heterocycles. The summed E-state index contributed by atoms with van der Waals surface area (Å²) in [6, 6.07) is 12.3. The fourth-order valence-electron chi connectivity index (χ4n) is 3.40. The molecule has 11 heteroatoms. The van der Waals surface area contributed by atoms with Gasteiger partial charge in [0.15, 0.2) is 0 Å². The third-order valence-corrected chi connectivity index (χ3v) is 5.95. The average molecular weight is 485 g/mol. The first-order valence-corrected chi connectivity index (χ1v) is 11.8. The summed E-state index contributed by atoms with van der Waals surface area (Å²) >= 11 is 1.49. The van der Waals surface area contributed by atoms with Gasteiger partial charge in [-0.1, -0.05) is 49.7 Å². The van der Waals surface area contributed by atoms with Crippen LogP contribution in [0.15, 0.2) is 57.4 Å². The Bertz CT molecular complexity index is 1220. The van der Waals surface area contributed by atoms with Crippen LogP contribution >= 0.6 is 11.3 Å². The van der Waals surface area contributed by atoms with Gasteiger partial charge in [0.25, 0.3) is 5.56 Å². The van der Waals surface area contributed by atoms with E-state index in [4.69, 9.17) is 5.73 Å². The molecule has 3 rings (SSSR count). The highest BCUT2D eigenvalue weighted by Gasteiger charge is 2.22. The fourth-order valence-corrected chi connectivity index (χ4v) is 4.05. The van der Waals surface area contributed by atoms with Crippen LogP contribution in [0, 0.1) is 0 Å². The van der Waals surface area contributed by atoms with Gasteiger partial charge in [-0.15, -0.1) is 11.3 Å². The number of unbranched alkanes of at least 4 members (excludes halogenated alkanes) is 1. The Morgan fingerprint density at radius 2 is 1.91 bits per heavy atom. The summed E-state index contributed by atoms with van der Waals surface area (Å²) in [5, 5.41) is 6.80. The smallest absolute Gasteiger partial charge is 0.330 e. The van der Waals surface area contributed by atoms with E-state index < -0.39 is 23.2 Å². The molecule has 0 spiro atoms. The van der Waals surface area contributed by atoms with Crippen molar-refractivity contribution in [3.8, 4) is 0 Å². The van der Waals surface area contributed by atoms with Gasteiger partial charge < -0.3 is 16.0 Å². The number of nitrogen functional groups attached to an aromatic ring is 1. The number of aromatic amines is 1. The molecule has 1 aromatic carbocycles. The normalized spacial score (nSPS) is 10.6. The molecule has 0 saturated carbocycles. The van der Waals surface area contributed by atoms with E-state index in [0.717, 1.165) is 16.9 Å². The molecule has 0 atom stereocenters. The summed E-state index contributed by atoms with van der Waals surface area (Å²) in [5.74, 6) is -0.641. The largest absolute Gasteiger partial charge is 0.383 e. The Morgan fingerprint density at radius 1 is 1.15 bits per heavy atom. The van der Waals surface area contributed by atoms with E-state index in [1.54, 1.807) is 0 Å². The van der Waals surface area contributed by atoms with Crippen molar-refractivity contribution in [2.24, 2.45) is 0 Å². The van der Waals surface area contributed by atoms with Gasteiger partial charge in [-0.3, -0.25) is 24.5 Å². The Morgan fingerprint density at radius 3 is 2.59 bits per heavy atom. The molecular formula is C23H28N6O4S. The number of H-pyrrole nitrogens is 1. The maximum absolute atomic E-state index is 12.8. The minimum Gasteiger partial charge on any atom is -0.383 e. The van der Waals surface area contributed by atoms with Crippen molar-refractivity contribution in [3.05, 3.63) is 79.1 Å². The van der Waals surface area contributed by atoms with Gasteiger partial charge in [0.1, 0.15) is 11.5 Å². The SMILES string of the molecule is CCCCn1c(N)c(N(CC(=O)NC(=O)NCc2cccs2)Cc2ccccc2)c(=O)[nH]c1=O. The number of anilines is 2. The van der Waals surface area contributed by atoms with Crippen molar-refractivity contribution >= 4 is 34.8 Å². The highest BCUT2D eigenvalue weighted by atomic mass is 32.1.